The molecule has 24 heavy (non-hydrogen) atoms. The molecule has 0 aliphatic carbocycles. The van der Waals surface area contributed by atoms with Crippen molar-refractivity contribution in [2.24, 2.45) is 0 Å². The molecule has 1 atom stereocenters. The van der Waals surface area contributed by atoms with E-state index in [2.05, 4.69) is 5.32 Å². The lowest BCUT2D eigenvalue weighted by atomic mass is 10.0. The summed E-state index contributed by atoms with van der Waals surface area (Å²) in [7, 11) is 0. The van der Waals surface area contributed by atoms with Crippen LogP contribution in [0.25, 0.3) is 0 Å². The maximum Gasteiger partial charge on any atom is 0.418 e. The zero-order valence-corrected chi connectivity index (χ0v) is 14.3. The van der Waals surface area contributed by atoms with Crippen molar-refractivity contribution in [1.82, 2.24) is 5.32 Å². The topological polar surface area (TPSA) is 81.4 Å². The number of carbonyl (C=O) groups is 2. The van der Waals surface area contributed by atoms with Gasteiger partial charge in [-0.05, 0) is 32.9 Å². The molecule has 0 fully saturated rings. The largest absolute Gasteiger partial charge is 0.447 e. The fourth-order valence-corrected chi connectivity index (χ4v) is 2.13. The number of halogens is 4. The van der Waals surface area contributed by atoms with Crippen molar-refractivity contribution in [3.05, 3.63) is 28.3 Å². The normalized spacial score (nSPS) is 13.3. The number of nitrogens with two attached hydrogens (primary N) is 1. The van der Waals surface area contributed by atoms with Crippen LogP contribution in [-0.2, 0) is 20.5 Å². The first-order valence-corrected chi connectivity index (χ1v) is 7.25. The van der Waals surface area contributed by atoms with E-state index in [-0.39, 0.29) is 10.6 Å². The zero-order valence-electron chi connectivity index (χ0n) is 13.5. The monoisotopic (exact) mass is 366 g/mol. The van der Waals surface area contributed by atoms with Crippen molar-refractivity contribution in [2.45, 2.75) is 45.5 Å². The van der Waals surface area contributed by atoms with E-state index < -0.39 is 40.9 Å². The molecule has 5 nitrogen and oxygen atoms in total. The first kappa shape index (κ1) is 20.1. The summed E-state index contributed by atoms with van der Waals surface area (Å²) in [6.07, 6.45) is -6.36. The summed E-state index contributed by atoms with van der Waals surface area (Å²) < 4.78 is 44.1. The molecule has 134 valence electrons. The van der Waals surface area contributed by atoms with Crippen LogP contribution >= 0.6 is 11.6 Å². The Kier molecular flexibility index (Phi) is 5.76. The molecule has 9 heteroatoms. The van der Waals surface area contributed by atoms with Crippen LogP contribution in [0.2, 0.25) is 5.02 Å². The molecule has 0 saturated carbocycles. The molecule has 0 bridgehead atoms. The fourth-order valence-electron chi connectivity index (χ4n) is 1.90. The molecule has 0 spiro atoms. The van der Waals surface area contributed by atoms with Gasteiger partial charge in [0.15, 0.2) is 0 Å². The lowest BCUT2D eigenvalue weighted by molar-refractivity contribution is -0.155. The fraction of sp³-hybridized carbons (Fsp3) is 0.467. The van der Waals surface area contributed by atoms with E-state index >= 15 is 0 Å². The van der Waals surface area contributed by atoms with E-state index in [1.807, 2.05) is 0 Å². The third-order valence-corrected chi connectivity index (χ3v) is 3.09. The molecule has 1 aromatic rings. The minimum absolute atomic E-state index is 0.224. The molecule has 0 heterocycles. The first-order valence-electron chi connectivity index (χ1n) is 6.87. The second-order valence-electron chi connectivity index (χ2n) is 6.19. The van der Waals surface area contributed by atoms with Crippen LogP contribution in [0, 0.1) is 0 Å². The van der Waals surface area contributed by atoms with Crippen LogP contribution in [0.5, 0.6) is 0 Å². The van der Waals surface area contributed by atoms with E-state index in [9.17, 15) is 22.8 Å². The van der Waals surface area contributed by atoms with Crippen LogP contribution in [0.1, 0.15) is 44.9 Å². The van der Waals surface area contributed by atoms with Crippen molar-refractivity contribution in [3.8, 4) is 0 Å². The summed E-state index contributed by atoms with van der Waals surface area (Å²) in [5.41, 5.74) is 2.59. The van der Waals surface area contributed by atoms with E-state index in [0.717, 1.165) is 13.0 Å². The lowest BCUT2D eigenvalue weighted by Gasteiger charge is -2.25. The molecule has 1 amide bonds. The van der Waals surface area contributed by atoms with E-state index in [1.54, 1.807) is 20.8 Å². The number of hydrogen-bond acceptors (Lipinski definition) is 4. The molecule has 0 aromatic heterocycles. The number of ether oxygens (including phenoxy) is 1. The number of carbonyl (C=O) groups excluding carboxylic acids is 2. The number of esters is 1. The predicted octanol–water partition coefficient (Wildman–Crippen LogP) is 3.46. The van der Waals surface area contributed by atoms with Crippen molar-refractivity contribution in [2.75, 3.05) is 5.73 Å². The first-order chi connectivity index (χ1) is 10.7. The maximum atomic E-state index is 13.1. The van der Waals surface area contributed by atoms with Gasteiger partial charge in [-0.2, -0.15) is 13.2 Å². The Morgan fingerprint density at radius 3 is 2.21 bits per heavy atom. The van der Waals surface area contributed by atoms with Gasteiger partial charge < -0.3 is 15.8 Å². The second-order valence-corrected chi connectivity index (χ2v) is 6.60. The molecule has 3 N–H and O–H groups in total. The SMILES string of the molecule is CC(=O)OC(C(=O)NC(C)(C)C)c1cc(Cl)c(N)c(C(F)(F)F)c1. The van der Waals surface area contributed by atoms with Gasteiger partial charge in [-0.3, -0.25) is 9.59 Å². The molecular weight excluding hydrogens is 349 g/mol. The summed E-state index contributed by atoms with van der Waals surface area (Å²) in [6, 6.07) is 1.72. The smallest absolute Gasteiger partial charge is 0.418 e. The number of rotatable bonds is 3. The predicted molar refractivity (Wildman–Crippen MR) is 83.3 cm³/mol. The highest BCUT2D eigenvalue weighted by Crippen LogP contribution is 2.39. The van der Waals surface area contributed by atoms with Crippen LogP contribution in [-0.4, -0.2) is 17.4 Å². The molecule has 1 unspecified atom stereocenters. The van der Waals surface area contributed by atoms with E-state index in [4.69, 9.17) is 22.1 Å². The number of hydrogen-bond donors (Lipinski definition) is 2. The highest BCUT2D eigenvalue weighted by atomic mass is 35.5. The molecule has 0 aliphatic rings. The van der Waals surface area contributed by atoms with Gasteiger partial charge in [0.25, 0.3) is 5.91 Å². The van der Waals surface area contributed by atoms with Gasteiger partial charge in [-0.1, -0.05) is 11.6 Å². The number of benzene rings is 1. The number of nitrogen functional groups attached to an aromatic ring is 1. The zero-order chi connectivity index (χ0) is 18.9. The molecular formula is C15H18ClF3N2O3. The molecule has 1 aromatic carbocycles. The molecule has 0 aliphatic heterocycles. The van der Waals surface area contributed by atoms with Crippen LogP contribution in [0.4, 0.5) is 18.9 Å². The quantitative estimate of drug-likeness (QED) is 0.634. The van der Waals surface area contributed by atoms with Gasteiger partial charge >= 0.3 is 12.1 Å². The summed E-state index contributed by atoms with van der Waals surface area (Å²) in [5, 5.41) is 2.16. The van der Waals surface area contributed by atoms with Crippen LogP contribution in [0.15, 0.2) is 12.1 Å². The van der Waals surface area contributed by atoms with Gasteiger partial charge in [0.05, 0.1) is 16.3 Å². The van der Waals surface area contributed by atoms with Gasteiger partial charge in [-0.15, -0.1) is 0 Å². The summed E-state index contributed by atoms with van der Waals surface area (Å²) in [4.78, 5) is 23.6. The number of anilines is 1. The Bertz CT molecular complexity index is 655. The third kappa shape index (κ3) is 5.30. The van der Waals surface area contributed by atoms with Gasteiger partial charge in [-0.25, -0.2) is 0 Å². The molecule has 0 saturated heterocycles. The minimum atomic E-state index is -4.77. The number of nitrogens with one attached hydrogen (secondary N) is 1. The highest BCUT2D eigenvalue weighted by Gasteiger charge is 2.36. The van der Waals surface area contributed by atoms with Crippen molar-refractivity contribution in [1.29, 1.82) is 0 Å². The Balaban J connectivity index is 3.41. The summed E-state index contributed by atoms with van der Waals surface area (Å²) in [6.45, 7) is 6.06. The van der Waals surface area contributed by atoms with Crippen LogP contribution < -0.4 is 11.1 Å². The Labute approximate surface area is 142 Å². The van der Waals surface area contributed by atoms with Gasteiger partial charge in [0.1, 0.15) is 0 Å². The van der Waals surface area contributed by atoms with Gasteiger partial charge in [0, 0.05) is 18.0 Å². The average Bonchev–Trinajstić information content (AvgIpc) is 2.35. The molecule has 0 radical (unpaired) electrons. The number of alkyl halides is 3. The maximum absolute atomic E-state index is 13.1. The van der Waals surface area contributed by atoms with Gasteiger partial charge in [0.2, 0.25) is 6.10 Å². The van der Waals surface area contributed by atoms with Crippen LogP contribution in [0.3, 0.4) is 0 Å². The Hall–Kier alpha value is -1.96. The second kappa shape index (κ2) is 6.88. The van der Waals surface area contributed by atoms with Crippen molar-refractivity contribution in [3.63, 3.8) is 0 Å². The van der Waals surface area contributed by atoms with E-state index in [0.29, 0.717) is 6.07 Å². The molecule has 1 rings (SSSR count). The van der Waals surface area contributed by atoms with Crippen molar-refractivity contribution >= 4 is 29.2 Å². The minimum Gasteiger partial charge on any atom is -0.447 e. The Morgan fingerprint density at radius 2 is 1.79 bits per heavy atom. The summed E-state index contributed by atoms with van der Waals surface area (Å²) in [5.74, 6) is -1.60. The average molecular weight is 367 g/mol. The Morgan fingerprint density at radius 1 is 1.25 bits per heavy atom. The third-order valence-electron chi connectivity index (χ3n) is 2.78. The number of amides is 1. The standard InChI is InChI=1S/C15H18ClF3N2O3/c1-7(22)24-12(13(23)21-14(2,3)4)8-5-9(15(17,18)19)11(20)10(16)6-8/h5-6,12H,20H2,1-4H3,(H,21,23). The summed E-state index contributed by atoms with van der Waals surface area (Å²) >= 11 is 5.75. The highest BCUT2D eigenvalue weighted by molar-refractivity contribution is 6.33. The van der Waals surface area contributed by atoms with E-state index in [1.165, 1.54) is 0 Å². The van der Waals surface area contributed by atoms with Crippen molar-refractivity contribution < 1.29 is 27.5 Å². The lowest BCUT2D eigenvalue weighted by Crippen LogP contribution is -2.44.